The monoisotopic (exact) mass is 359 g/mol. The van der Waals surface area contributed by atoms with Gasteiger partial charge in [-0.05, 0) is 31.7 Å². The molecule has 1 fully saturated rings. The molecule has 1 aliphatic carbocycles. The van der Waals surface area contributed by atoms with Crippen LogP contribution in [0.15, 0.2) is 46.3 Å². The maximum Gasteiger partial charge on any atom is 0.407 e. The van der Waals surface area contributed by atoms with Crippen LogP contribution in [0.1, 0.15) is 37.7 Å². The summed E-state index contributed by atoms with van der Waals surface area (Å²) in [6.07, 6.45) is -0.446. The Hall–Kier alpha value is -2.88. The van der Waals surface area contributed by atoms with Gasteiger partial charge in [-0.1, -0.05) is 36.8 Å². The van der Waals surface area contributed by atoms with Gasteiger partial charge in [0.25, 0.3) is 11.2 Å². The summed E-state index contributed by atoms with van der Waals surface area (Å²) in [5, 5.41) is 4.34. The van der Waals surface area contributed by atoms with Crippen LogP contribution in [0.5, 0.6) is 0 Å². The number of halogens is 3. The number of hydrogen-bond acceptors (Lipinski definition) is 2. The number of alkyl halides is 3. The van der Waals surface area contributed by atoms with Gasteiger partial charge in [0.1, 0.15) is 0 Å². The van der Waals surface area contributed by atoms with E-state index >= 15 is 0 Å². The van der Waals surface area contributed by atoms with E-state index in [0.717, 1.165) is 35.7 Å². The second-order valence-corrected chi connectivity index (χ2v) is 6.11. The molecule has 3 rings (SSSR count). The van der Waals surface area contributed by atoms with E-state index in [-0.39, 0.29) is 5.69 Å². The Morgan fingerprint density at radius 1 is 1.08 bits per heavy atom. The van der Waals surface area contributed by atoms with Crippen LogP contribution in [0.3, 0.4) is 0 Å². The number of aromatic nitrogens is 1. The number of hydrogen-bond donors (Lipinski definition) is 0. The van der Waals surface area contributed by atoms with Crippen LogP contribution < -0.4 is 5.56 Å². The van der Waals surface area contributed by atoms with Gasteiger partial charge in [0.05, 0.1) is 17.8 Å². The number of benzene rings is 1. The molecule has 0 spiro atoms. The van der Waals surface area contributed by atoms with Crippen molar-refractivity contribution < 1.29 is 13.2 Å². The average Bonchev–Trinajstić information content (AvgIpc) is 2.63. The smallest absolute Gasteiger partial charge is 0.281 e. The summed E-state index contributed by atoms with van der Waals surface area (Å²) in [6, 6.07) is 9.16. The van der Waals surface area contributed by atoms with Gasteiger partial charge in [0, 0.05) is 11.3 Å². The number of rotatable bonds is 2. The van der Waals surface area contributed by atoms with Crippen LogP contribution in [0.25, 0.3) is 16.1 Å². The van der Waals surface area contributed by atoms with Gasteiger partial charge in [-0.3, -0.25) is 4.79 Å². The van der Waals surface area contributed by atoms with Gasteiger partial charge in [-0.15, -0.1) is 0 Å². The average molecular weight is 359 g/mol. The third-order valence-corrected chi connectivity index (χ3v) is 4.32. The first kappa shape index (κ1) is 17.9. The molecule has 1 aliphatic rings. The lowest BCUT2D eigenvalue weighted by atomic mass is 9.99. The van der Waals surface area contributed by atoms with Crippen molar-refractivity contribution in [1.82, 2.24) is 4.68 Å². The van der Waals surface area contributed by atoms with Crippen molar-refractivity contribution in [3.8, 4) is 11.3 Å². The van der Waals surface area contributed by atoms with Gasteiger partial charge in [0.15, 0.2) is 0 Å². The third kappa shape index (κ3) is 3.54. The first-order valence-electron chi connectivity index (χ1n) is 8.28. The summed E-state index contributed by atoms with van der Waals surface area (Å²) in [6.45, 7) is 7.06. The predicted octanol–water partition coefficient (Wildman–Crippen LogP) is 5.25. The molecule has 134 valence electrons. The standard InChI is InChI=1S/C19H16F3N3O/c1-23-17-15(19(20,21)22)12-16(13-8-4-2-5-9-13)25(18(17)26)24-14-10-6-3-7-11-14/h2,4-5,8-9,12H,3,6-7,10-11H2. The molecule has 0 N–H and O–H groups in total. The molecule has 0 radical (unpaired) electrons. The van der Waals surface area contributed by atoms with E-state index in [1.165, 1.54) is 0 Å². The maximum atomic E-state index is 13.4. The Bertz CT molecular complexity index is 929. The van der Waals surface area contributed by atoms with Crippen LogP contribution in [0.4, 0.5) is 18.9 Å². The normalized spacial score (nSPS) is 14.8. The van der Waals surface area contributed by atoms with E-state index in [4.69, 9.17) is 6.57 Å². The summed E-state index contributed by atoms with van der Waals surface area (Å²) < 4.78 is 41.1. The predicted molar refractivity (Wildman–Crippen MR) is 93.3 cm³/mol. The Morgan fingerprint density at radius 2 is 1.73 bits per heavy atom. The van der Waals surface area contributed by atoms with Crippen molar-refractivity contribution in [1.29, 1.82) is 0 Å². The summed E-state index contributed by atoms with van der Waals surface area (Å²) in [5.41, 5.74) is -1.97. The van der Waals surface area contributed by atoms with Crippen molar-refractivity contribution in [2.24, 2.45) is 5.10 Å². The lowest BCUT2D eigenvalue weighted by Crippen LogP contribution is -2.23. The Kier molecular flexibility index (Phi) is 4.94. The Labute approximate surface area is 148 Å². The second kappa shape index (κ2) is 7.16. The quantitative estimate of drug-likeness (QED) is 0.675. The van der Waals surface area contributed by atoms with E-state index in [0.29, 0.717) is 18.4 Å². The van der Waals surface area contributed by atoms with E-state index in [2.05, 4.69) is 9.95 Å². The summed E-state index contributed by atoms with van der Waals surface area (Å²) >= 11 is 0. The Balaban J connectivity index is 2.31. The summed E-state index contributed by atoms with van der Waals surface area (Å²) in [7, 11) is 0. The van der Waals surface area contributed by atoms with Crippen molar-refractivity contribution in [2.45, 2.75) is 38.3 Å². The van der Waals surface area contributed by atoms with E-state index in [1.54, 1.807) is 30.3 Å². The highest BCUT2D eigenvalue weighted by atomic mass is 19.4. The first-order chi connectivity index (χ1) is 12.4. The highest BCUT2D eigenvalue weighted by Gasteiger charge is 2.36. The van der Waals surface area contributed by atoms with E-state index in [9.17, 15) is 18.0 Å². The second-order valence-electron chi connectivity index (χ2n) is 6.11. The molecule has 0 aliphatic heterocycles. The molecule has 1 heterocycles. The van der Waals surface area contributed by atoms with Crippen LogP contribution in [-0.4, -0.2) is 10.4 Å². The van der Waals surface area contributed by atoms with Gasteiger partial charge in [0.2, 0.25) is 0 Å². The fraction of sp³-hybridized carbons (Fsp3) is 0.316. The molecular formula is C19H16F3N3O. The van der Waals surface area contributed by atoms with Gasteiger partial charge in [-0.2, -0.15) is 18.3 Å². The largest absolute Gasteiger partial charge is 0.407 e. The zero-order valence-electron chi connectivity index (χ0n) is 13.9. The topological polar surface area (TPSA) is 38.7 Å². The molecule has 26 heavy (non-hydrogen) atoms. The van der Waals surface area contributed by atoms with Crippen LogP contribution >= 0.6 is 0 Å². The molecule has 1 saturated carbocycles. The van der Waals surface area contributed by atoms with Crippen molar-refractivity contribution in [3.05, 3.63) is 63.7 Å². The minimum atomic E-state index is -4.79. The minimum absolute atomic E-state index is 0.0356. The molecule has 1 aromatic heterocycles. The molecule has 0 unspecified atom stereocenters. The number of pyridine rings is 1. The molecule has 0 saturated heterocycles. The lowest BCUT2D eigenvalue weighted by molar-refractivity contribution is -0.136. The summed E-state index contributed by atoms with van der Waals surface area (Å²) in [4.78, 5) is 15.5. The third-order valence-electron chi connectivity index (χ3n) is 4.32. The molecular weight excluding hydrogens is 343 g/mol. The fourth-order valence-electron chi connectivity index (χ4n) is 3.03. The molecule has 1 aromatic carbocycles. The lowest BCUT2D eigenvalue weighted by Gasteiger charge is -2.17. The van der Waals surface area contributed by atoms with E-state index < -0.39 is 23.0 Å². The van der Waals surface area contributed by atoms with Crippen molar-refractivity contribution in [3.63, 3.8) is 0 Å². The highest BCUT2D eigenvalue weighted by molar-refractivity contribution is 5.85. The summed E-state index contributed by atoms with van der Waals surface area (Å²) in [5.74, 6) is 0. The molecule has 7 heteroatoms. The van der Waals surface area contributed by atoms with Crippen LogP contribution in [-0.2, 0) is 6.18 Å². The fourth-order valence-corrected chi connectivity index (χ4v) is 3.03. The van der Waals surface area contributed by atoms with Crippen molar-refractivity contribution in [2.75, 3.05) is 0 Å². The minimum Gasteiger partial charge on any atom is -0.281 e. The van der Waals surface area contributed by atoms with Crippen molar-refractivity contribution >= 4 is 11.4 Å². The van der Waals surface area contributed by atoms with Gasteiger partial charge in [-0.25, -0.2) is 9.52 Å². The molecule has 0 amide bonds. The van der Waals surface area contributed by atoms with Crippen LogP contribution in [0, 0.1) is 6.57 Å². The molecule has 0 bridgehead atoms. The van der Waals surface area contributed by atoms with Crippen LogP contribution in [0.2, 0.25) is 0 Å². The number of nitrogens with zero attached hydrogens (tertiary/aromatic N) is 3. The zero-order valence-corrected chi connectivity index (χ0v) is 13.9. The highest BCUT2D eigenvalue weighted by Crippen LogP contribution is 2.37. The van der Waals surface area contributed by atoms with Gasteiger partial charge < -0.3 is 0 Å². The molecule has 0 atom stereocenters. The maximum absolute atomic E-state index is 13.4. The van der Waals surface area contributed by atoms with E-state index in [1.807, 2.05) is 0 Å². The van der Waals surface area contributed by atoms with Gasteiger partial charge >= 0.3 is 6.18 Å². The Morgan fingerprint density at radius 3 is 2.31 bits per heavy atom. The molecule has 4 nitrogen and oxygen atoms in total. The molecule has 2 aromatic rings. The zero-order chi connectivity index (χ0) is 18.7. The SMILES string of the molecule is [C-]#[N+]c1c(C(F)(F)F)cc(-c2ccccc2)n(N=C2CCCCC2)c1=O. The first-order valence-corrected chi connectivity index (χ1v) is 8.28.